The van der Waals surface area contributed by atoms with Gasteiger partial charge < -0.3 is 16.2 Å². The van der Waals surface area contributed by atoms with Crippen LogP contribution in [0.15, 0.2) is 0 Å². The van der Waals surface area contributed by atoms with Crippen molar-refractivity contribution in [2.45, 2.75) is 12.8 Å². The van der Waals surface area contributed by atoms with Crippen molar-refractivity contribution in [3.05, 3.63) is 0 Å². The molecule has 0 aliphatic heterocycles. The molecule has 0 radical (unpaired) electrons. The molecule has 0 aromatic rings. The fraction of sp³-hybridized carbons (Fsp3) is 0.875. The summed E-state index contributed by atoms with van der Waals surface area (Å²) in [6, 6.07) is 0. The average Bonchev–Trinajstić information content (AvgIpc) is 2.21. The molecule has 6 nitrogen and oxygen atoms in total. The Hall–Kier alpha value is -0.660. The molecule has 0 spiro atoms. The SMILES string of the molecule is NCCNC(=O)CCS(=O)(=O)CCCO. The van der Waals surface area contributed by atoms with E-state index < -0.39 is 9.84 Å². The first-order chi connectivity index (χ1) is 7.02. The van der Waals surface area contributed by atoms with Crippen LogP contribution in [-0.2, 0) is 14.6 Å². The van der Waals surface area contributed by atoms with Crippen molar-refractivity contribution in [1.82, 2.24) is 5.32 Å². The number of aliphatic hydroxyl groups excluding tert-OH is 1. The van der Waals surface area contributed by atoms with Gasteiger partial charge in [0.1, 0.15) is 0 Å². The molecule has 0 rings (SSSR count). The van der Waals surface area contributed by atoms with Gasteiger partial charge in [0.25, 0.3) is 0 Å². The van der Waals surface area contributed by atoms with Gasteiger partial charge in [-0.1, -0.05) is 0 Å². The van der Waals surface area contributed by atoms with E-state index in [9.17, 15) is 13.2 Å². The van der Waals surface area contributed by atoms with Gasteiger partial charge in [0, 0.05) is 26.1 Å². The van der Waals surface area contributed by atoms with E-state index in [0.29, 0.717) is 13.1 Å². The number of carbonyl (C=O) groups excluding carboxylic acids is 1. The van der Waals surface area contributed by atoms with Crippen LogP contribution in [0, 0.1) is 0 Å². The molecule has 4 N–H and O–H groups in total. The van der Waals surface area contributed by atoms with Gasteiger partial charge in [0.05, 0.1) is 11.5 Å². The van der Waals surface area contributed by atoms with Gasteiger partial charge in [-0.3, -0.25) is 4.79 Å². The van der Waals surface area contributed by atoms with Gasteiger partial charge in [-0.05, 0) is 6.42 Å². The van der Waals surface area contributed by atoms with E-state index >= 15 is 0 Å². The van der Waals surface area contributed by atoms with Crippen molar-refractivity contribution in [1.29, 1.82) is 0 Å². The monoisotopic (exact) mass is 238 g/mol. The molecule has 0 unspecified atom stereocenters. The predicted molar refractivity (Wildman–Crippen MR) is 57.0 cm³/mol. The van der Waals surface area contributed by atoms with Crippen molar-refractivity contribution >= 4 is 15.7 Å². The third-order valence-electron chi connectivity index (χ3n) is 1.72. The minimum atomic E-state index is -3.22. The van der Waals surface area contributed by atoms with Crippen molar-refractivity contribution in [3.8, 4) is 0 Å². The average molecular weight is 238 g/mol. The molecule has 0 aliphatic carbocycles. The van der Waals surface area contributed by atoms with Gasteiger partial charge in [-0.25, -0.2) is 8.42 Å². The van der Waals surface area contributed by atoms with Crippen LogP contribution >= 0.6 is 0 Å². The highest BCUT2D eigenvalue weighted by Gasteiger charge is 2.12. The highest BCUT2D eigenvalue weighted by atomic mass is 32.2. The second-order valence-electron chi connectivity index (χ2n) is 3.12. The minimum Gasteiger partial charge on any atom is -0.396 e. The van der Waals surface area contributed by atoms with Crippen LogP contribution in [0.1, 0.15) is 12.8 Å². The fourth-order valence-electron chi connectivity index (χ4n) is 0.935. The zero-order chi connectivity index (χ0) is 11.7. The van der Waals surface area contributed by atoms with E-state index in [-0.39, 0.29) is 36.9 Å². The zero-order valence-electron chi connectivity index (χ0n) is 8.61. The fourth-order valence-corrected chi connectivity index (χ4v) is 2.20. The first-order valence-corrected chi connectivity index (χ1v) is 6.62. The molecule has 0 saturated heterocycles. The third kappa shape index (κ3) is 8.34. The number of sulfone groups is 1. The molecule has 7 heteroatoms. The summed E-state index contributed by atoms with van der Waals surface area (Å²) in [5.41, 5.74) is 5.16. The van der Waals surface area contributed by atoms with Crippen LogP contribution in [0.3, 0.4) is 0 Å². The standard InChI is InChI=1S/C8H18N2O4S/c9-3-4-10-8(12)2-7-15(13,14)6-1-5-11/h11H,1-7,9H2,(H,10,12). The largest absolute Gasteiger partial charge is 0.396 e. The van der Waals surface area contributed by atoms with Crippen molar-refractivity contribution in [2.75, 3.05) is 31.2 Å². The van der Waals surface area contributed by atoms with E-state index in [2.05, 4.69) is 5.32 Å². The molecule has 0 aromatic heterocycles. The smallest absolute Gasteiger partial charge is 0.221 e. The van der Waals surface area contributed by atoms with Crippen LogP contribution < -0.4 is 11.1 Å². The van der Waals surface area contributed by atoms with Gasteiger partial charge in [0.15, 0.2) is 9.84 Å². The molecule has 0 heterocycles. The van der Waals surface area contributed by atoms with Crippen LogP contribution in [0.5, 0.6) is 0 Å². The number of aliphatic hydroxyl groups is 1. The predicted octanol–water partition coefficient (Wildman–Crippen LogP) is -1.75. The Labute approximate surface area is 89.8 Å². The Kier molecular flexibility index (Phi) is 7.27. The first kappa shape index (κ1) is 14.3. The Morgan fingerprint density at radius 3 is 2.53 bits per heavy atom. The summed E-state index contributed by atoms with van der Waals surface area (Å²) in [5, 5.41) is 10.9. The quantitative estimate of drug-likeness (QED) is 0.464. The lowest BCUT2D eigenvalue weighted by Gasteiger charge is -2.04. The number of nitrogens with one attached hydrogen (secondary N) is 1. The number of nitrogens with two attached hydrogens (primary N) is 1. The van der Waals surface area contributed by atoms with E-state index in [0.717, 1.165) is 0 Å². The van der Waals surface area contributed by atoms with Crippen molar-refractivity contribution in [3.63, 3.8) is 0 Å². The molecule has 15 heavy (non-hydrogen) atoms. The van der Waals surface area contributed by atoms with Crippen LogP contribution in [0.25, 0.3) is 0 Å². The summed E-state index contributed by atoms with van der Waals surface area (Å²) in [6.45, 7) is 0.539. The highest BCUT2D eigenvalue weighted by molar-refractivity contribution is 7.91. The summed E-state index contributed by atoms with van der Waals surface area (Å²) in [5.74, 6) is -0.565. The van der Waals surface area contributed by atoms with Gasteiger partial charge >= 0.3 is 0 Å². The second-order valence-corrected chi connectivity index (χ2v) is 5.42. The maximum absolute atomic E-state index is 11.3. The number of hydrogen-bond acceptors (Lipinski definition) is 5. The van der Waals surface area contributed by atoms with Gasteiger partial charge in [0.2, 0.25) is 5.91 Å². The lowest BCUT2D eigenvalue weighted by molar-refractivity contribution is -0.120. The Balaban J connectivity index is 3.78. The summed E-state index contributed by atoms with van der Waals surface area (Å²) < 4.78 is 22.5. The second kappa shape index (κ2) is 7.61. The third-order valence-corrected chi connectivity index (χ3v) is 3.46. The molecular formula is C8H18N2O4S. The van der Waals surface area contributed by atoms with E-state index in [1.165, 1.54) is 0 Å². The van der Waals surface area contributed by atoms with Crippen molar-refractivity contribution < 1.29 is 18.3 Å². The van der Waals surface area contributed by atoms with Gasteiger partial charge in [-0.15, -0.1) is 0 Å². The van der Waals surface area contributed by atoms with Gasteiger partial charge in [-0.2, -0.15) is 0 Å². The topological polar surface area (TPSA) is 109 Å². The first-order valence-electron chi connectivity index (χ1n) is 4.80. The molecule has 0 aromatic carbocycles. The molecule has 0 aliphatic rings. The van der Waals surface area contributed by atoms with E-state index in [4.69, 9.17) is 10.8 Å². The molecule has 0 bridgehead atoms. The summed E-state index contributed by atoms with van der Waals surface area (Å²) in [6.07, 6.45) is 0.167. The van der Waals surface area contributed by atoms with Crippen LogP contribution in [-0.4, -0.2) is 50.6 Å². The normalized spacial score (nSPS) is 11.3. The van der Waals surface area contributed by atoms with Crippen LogP contribution in [0.4, 0.5) is 0 Å². The van der Waals surface area contributed by atoms with Crippen molar-refractivity contribution in [2.24, 2.45) is 5.73 Å². The molecule has 0 saturated carbocycles. The summed E-state index contributed by atoms with van der Waals surface area (Å²) in [4.78, 5) is 11.0. The highest BCUT2D eigenvalue weighted by Crippen LogP contribution is 1.96. The molecular weight excluding hydrogens is 220 g/mol. The maximum atomic E-state index is 11.3. The molecule has 1 amide bonds. The summed E-state index contributed by atoms with van der Waals surface area (Å²) in [7, 11) is -3.22. The van der Waals surface area contributed by atoms with Crippen LogP contribution in [0.2, 0.25) is 0 Å². The Bertz CT molecular complexity index is 276. The number of hydrogen-bond donors (Lipinski definition) is 3. The molecule has 0 atom stereocenters. The number of amides is 1. The Morgan fingerprint density at radius 1 is 1.33 bits per heavy atom. The number of rotatable bonds is 8. The van der Waals surface area contributed by atoms with E-state index in [1.54, 1.807) is 0 Å². The molecule has 0 fully saturated rings. The zero-order valence-corrected chi connectivity index (χ0v) is 9.42. The maximum Gasteiger partial charge on any atom is 0.221 e. The lowest BCUT2D eigenvalue weighted by atomic mass is 10.4. The lowest BCUT2D eigenvalue weighted by Crippen LogP contribution is -2.30. The number of carbonyl (C=O) groups is 1. The minimum absolute atomic E-state index is 0.0479. The Morgan fingerprint density at radius 2 is 2.00 bits per heavy atom. The summed E-state index contributed by atoms with van der Waals surface area (Å²) >= 11 is 0. The van der Waals surface area contributed by atoms with E-state index in [1.807, 2.05) is 0 Å². The molecule has 90 valence electrons.